The standard InChI is InChI=1S/C18H26ClNO3/c1-3-18(4-2,14-5-7-15(19)8-6-14)16(21)20-13-17(22)9-11-23-12-10-17/h5-8,22H,3-4,9-13H2,1-2H3,(H,20,21). The van der Waals surface area contributed by atoms with E-state index in [0.29, 0.717) is 43.9 Å². The van der Waals surface area contributed by atoms with Crippen molar-refractivity contribution in [3.63, 3.8) is 0 Å². The molecule has 1 saturated heterocycles. The molecule has 0 atom stereocenters. The third-order valence-electron chi connectivity index (χ3n) is 5.04. The average molecular weight is 340 g/mol. The van der Waals surface area contributed by atoms with Crippen molar-refractivity contribution in [2.45, 2.75) is 50.5 Å². The Morgan fingerprint density at radius 1 is 1.26 bits per heavy atom. The normalized spacial score (nSPS) is 17.7. The van der Waals surface area contributed by atoms with Crippen molar-refractivity contribution in [3.05, 3.63) is 34.9 Å². The molecule has 0 aliphatic carbocycles. The summed E-state index contributed by atoms with van der Waals surface area (Å²) in [6, 6.07) is 7.46. The van der Waals surface area contributed by atoms with E-state index in [1.54, 1.807) is 0 Å². The lowest BCUT2D eigenvalue weighted by molar-refractivity contribution is -0.129. The summed E-state index contributed by atoms with van der Waals surface area (Å²) in [4.78, 5) is 12.9. The fraction of sp³-hybridized carbons (Fsp3) is 0.611. The Morgan fingerprint density at radius 3 is 2.35 bits per heavy atom. The number of aliphatic hydroxyl groups is 1. The average Bonchev–Trinajstić information content (AvgIpc) is 2.57. The number of rotatable bonds is 6. The molecule has 4 nitrogen and oxygen atoms in total. The number of halogens is 1. The molecule has 2 N–H and O–H groups in total. The highest BCUT2D eigenvalue weighted by Gasteiger charge is 2.38. The first-order chi connectivity index (χ1) is 11.0. The molecule has 0 unspecified atom stereocenters. The van der Waals surface area contributed by atoms with Crippen LogP contribution in [0.3, 0.4) is 0 Å². The second kappa shape index (κ2) is 7.65. The number of ether oxygens (including phenoxy) is 1. The van der Waals surface area contributed by atoms with E-state index in [2.05, 4.69) is 5.32 Å². The van der Waals surface area contributed by atoms with Crippen LogP contribution in [0, 0.1) is 0 Å². The minimum atomic E-state index is -0.860. The predicted molar refractivity (Wildman–Crippen MR) is 91.7 cm³/mol. The van der Waals surface area contributed by atoms with Crippen molar-refractivity contribution in [3.8, 4) is 0 Å². The van der Waals surface area contributed by atoms with E-state index in [-0.39, 0.29) is 12.5 Å². The van der Waals surface area contributed by atoms with Gasteiger partial charge in [-0.1, -0.05) is 37.6 Å². The number of amides is 1. The Morgan fingerprint density at radius 2 is 1.83 bits per heavy atom. The van der Waals surface area contributed by atoms with Gasteiger partial charge in [-0.15, -0.1) is 0 Å². The largest absolute Gasteiger partial charge is 0.388 e. The van der Waals surface area contributed by atoms with Crippen molar-refractivity contribution in [2.24, 2.45) is 0 Å². The second-order valence-electron chi connectivity index (χ2n) is 6.32. The molecule has 0 aromatic heterocycles. The highest BCUT2D eigenvalue weighted by Crippen LogP contribution is 2.33. The van der Waals surface area contributed by atoms with E-state index in [4.69, 9.17) is 16.3 Å². The topological polar surface area (TPSA) is 58.6 Å². The van der Waals surface area contributed by atoms with Crippen molar-refractivity contribution in [1.82, 2.24) is 5.32 Å². The van der Waals surface area contributed by atoms with Gasteiger partial charge in [-0.05, 0) is 30.5 Å². The van der Waals surface area contributed by atoms with Gasteiger partial charge >= 0.3 is 0 Å². The molecule has 1 aromatic carbocycles. The van der Waals surface area contributed by atoms with Crippen LogP contribution >= 0.6 is 11.6 Å². The van der Waals surface area contributed by atoms with E-state index in [0.717, 1.165) is 5.56 Å². The molecule has 0 bridgehead atoms. The van der Waals surface area contributed by atoms with Gasteiger partial charge in [0.25, 0.3) is 0 Å². The van der Waals surface area contributed by atoms with E-state index in [1.807, 2.05) is 38.1 Å². The number of benzene rings is 1. The molecule has 1 heterocycles. The number of hydrogen-bond acceptors (Lipinski definition) is 3. The summed E-state index contributed by atoms with van der Waals surface area (Å²) in [5.74, 6) is -0.0373. The zero-order valence-electron chi connectivity index (χ0n) is 13.9. The molecule has 1 aromatic rings. The van der Waals surface area contributed by atoms with E-state index < -0.39 is 11.0 Å². The summed E-state index contributed by atoms with van der Waals surface area (Å²) in [5.41, 5.74) is -0.490. The Hall–Kier alpha value is -1.10. The van der Waals surface area contributed by atoms with Gasteiger partial charge in [-0.25, -0.2) is 0 Å². The monoisotopic (exact) mass is 339 g/mol. The SMILES string of the molecule is CCC(CC)(C(=O)NCC1(O)CCOCC1)c1ccc(Cl)cc1. The maximum Gasteiger partial charge on any atom is 0.230 e. The highest BCUT2D eigenvalue weighted by molar-refractivity contribution is 6.30. The molecule has 1 aliphatic heterocycles. The van der Waals surface area contributed by atoms with Crippen LogP contribution < -0.4 is 5.32 Å². The van der Waals surface area contributed by atoms with Crippen LogP contribution in [0.15, 0.2) is 24.3 Å². The van der Waals surface area contributed by atoms with Crippen LogP contribution in [-0.2, 0) is 14.9 Å². The lowest BCUT2D eigenvalue weighted by Crippen LogP contribution is -2.51. The number of carbonyl (C=O) groups is 1. The Kier molecular flexibility index (Phi) is 6.06. The minimum Gasteiger partial charge on any atom is -0.388 e. The maximum absolute atomic E-state index is 12.9. The molecule has 2 rings (SSSR count). The molecular formula is C18H26ClNO3. The van der Waals surface area contributed by atoms with Gasteiger partial charge in [-0.2, -0.15) is 0 Å². The van der Waals surface area contributed by atoms with Crippen molar-refractivity contribution >= 4 is 17.5 Å². The van der Waals surface area contributed by atoms with Crippen molar-refractivity contribution in [2.75, 3.05) is 19.8 Å². The van der Waals surface area contributed by atoms with E-state index >= 15 is 0 Å². The van der Waals surface area contributed by atoms with Gasteiger partial charge in [0.05, 0.1) is 11.0 Å². The van der Waals surface area contributed by atoms with Gasteiger partial charge in [0.15, 0.2) is 0 Å². The first-order valence-electron chi connectivity index (χ1n) is 8.30. The first kappa shape index (κ1) is 18.2. The number of hydrogen-bond donors (Lipinski definition) is 2. The zero-order chi connectivity index (χ0) is 16.9. The van der Waals surface area contributed by atoms with E-state index in [1.165, 1.54) is 0 Å². The molecule has 128 valence electrons. The number of carbonyl (C=O) groups excluding carboxylic acids is 1. The molecule has 23 heavy (non-hydrogen) atoms. The summed E-state index contributed by atoms with van der Waals surface area (Å²) >= 11 is 5.96. The van der Waals surface area contributed by atoms with Crippen LogP contribution in [0.2, 0.25) is 5.02 Å². The van der Waals surface area contributed by atoms with Crippen LogP contribution in [0.1, 0.15) is 45.1 Å². The summed E-state index contributed by atoms with van der Waals surface area (Å²) in [7, 11) is 0. The smallest absolute Gasteiger partial charge is 0.230 e. The Bertz CT molecular complexity index is 520. The van der Waals surface area contributed by atoms with E-state index in [9.17, 15) is 9.90 Å². The predicted octanol–water partition coefficient (Wildman–Crippen LogP) is 3.06. The Balaban J connectivity index is 2.13. The first-order valence-corrected chi connectivity index (χ1v) is 8.68. The lowest BCUT2D eigenvalue weighted by Gasteiger charge is -2.35. The van der Waals surface area contributed by atoms with Crippen molar-refractivity contribution < 1.29 is 14.6 Å². The Labute approximate surface area is 143 Å². The van der Waals surface area contributed by atoms with Gasteiger partial charge < -0.3 is 15.2 Å². The lowest BCUT2D eigenvalue weighted by atomic mass is 9.75. The molecule has 5 heteroatoms. The van der Waals surface area contributed by atoms with Gasteiger partial charge in [0.1, 0.15) is 0 Å². The van der Waals surface area contributed by atoms with Crippen LogP contribution in [0.5, 0.6) is 0 Å². The molecule has 1 amide bonds. The quantitative estimate of drug-likeness (QED) is 0.837. The molecule has 1 aliphatic rings. The summed E-state index contributed by atoms with van der Waals surface area (Å²) in [6.07, 6.45) is 2.50. The molecular weight excluding hydrogens is 314 g/mol. The molecule has 0 saturated carbocycles. The van der Waals surface area contributed by atoms with Crippen LogP contribution in [0.25, 0.3) is 0 Å². The highest BCUT2D eigenvalue weighted by atomic mass is 35.5. The third-order valence-corrected chi connectivity index (χ3v) is 5.29. The summed E-state index contributed by atoms with van der Waals surface area (Å²) in [6.45, 7) is 5.37. The maximum atomic E-state index is 12.9. The van der Waals surface area contributed by atoms with Crippen LogP contribution in [-0.4, -0.2) is 36.4 Å². The minimum absolute atomic E-state index is 0.0373. The summed E-state index contributed by atoms with van der Waals surface area (Å²) in [5, 5.41) is 14.2. The van der Waals surface area contributed by atoms with Gasteiger partial charge in [0.2, 0.25) is 5.91 Å². The molecule has 0 radical (unpaired) electrons. The number of nitrogens with one attached hydrogen (secondary N) is 1. The molecule has 0 spiro atoms. The fourth-order valence-corrected chi connectivity index (χ4v) is 3.35. The third kappa shape index (κ3) is 4.06. The summed E-state index contributed by atoms with van der Waals surface area (Å²) < 4.78 is 5.28. The molecule has 1 fully saturated rings. The zero-order valence-corrected chi connectivity index (χ0v) is 14.7. The van der Waals surface area contributed by atoms with Gasteiger partial charge in [0, 0.05) is 37.6 Å². The van der Waals surface area contributed by atoms with Gasteiger partial charge in [-0.3, -0.25) is 4.79 Å². The van der Waals surface area contributed by atoms with Crippen molar-refractivity contribution in [1.29, 1.82) is 0 Å². The fourth-order valence-electron chi connectivity index (χ4n) is 3.22. The second-order valence-corrected chi connectivity index (χ2v) is 6.75. The van der Waals surface area contributed by atoms with Crippen LogP contribution in [0.4, 0.5) is 0 Å².